The predicted octanol–water partition coefficient (Wildman–Crippen LogP) is 2.93. The van der Waals surface area contributed by atoms with E-state index in [2.05, 4.69) is 13.0 Å². The van der Waals surface area contributed by atoms with Crippen LogP contribution < -0.4 is 0 Å². The number of hydrogen-bond donors (Lipinski definition) is 1. The maximum atomic E-state index is 11.1. The maximum absolute atomic E-state index is 11.1. The summed E-state index contributed by atoms with van der Waals surface area (Å²) in [6.07, 6.45) is 0.961. The van der Waals surface area contributed by atoms with Crippen LogP contribution in [0.15, 0.2) is 24.3 Å². The van der Waals surface area contributed by atoms with E-state index >= 15 is 0 Å². The van der Waals surface area contributed by atoms with Crippen LogP contribution >= 0.6 is 0 Å². The first-order valence-corrected chi connectivity index (χ1v) is 5.86. The molecule has 3 heteroatoms. The lowest BCUT2D eigenvalue weighted by atomic mass is 10.1. The van der Waals surface area contributed by atoms with Crippen molar-refractivity contribution in [2.45, 2.75) is 26.2 Å². The van der Waals surface area contributed by atoms with Gasteiger partial charge in [-0.3, -0.25) is 4.79 Å². The van der Waals surface area contributed by atoms with Gasteiger partial charge in [0.25, 0.3) is 0 Å². The van der Waals surface area contributed by atoms with Crippen LogP contribution in [0.5, 0.6) is 0 Å². The van der Waals surface area contributed by atoms with Gasteiger partial charge in [0.05, 0.1) is 5.92 Å². The fourth-order valence-electron chi connectivity index (χ4n) is 2.29. The molecule has 2 rings (SSSR count). The Morgan fingerprint density at radius 3 is 2.76 bits per heavy atom. The van der Waals surface area contributed by atoms with Crippen molar-refractivity contribution in [3.8, 4) is 0 Å². The Morgan fingerprint density at radius 2 is 2.18 bits per heavy atom. The Hall–Kier alpha value is -1.77. The van der Waals surface area contributed by atoms with Gasteiger partial charge < -0.3 is 9.67 Å². The Bertz CT molecular complexity index is 569. The average molecular weight is 231 g/mol. The molecule has 0 aliphatic rings. The van der Waals surface area contributed by atoms with Crippen LogP contribution in [0.2, 0.25) is 0 Å². The molecule has 1 unspecified atom stereocenters. The molecule has 90 valence electrons. The first-order valence-electron chi connectivity index (χ1n) is 5.86. The monoisotopic (exact) mass is 231 g/mol. The predicted molar refractivity (Wildman–Crippen MR) is 68.3 cm³/mol. The second kappa shape index (κ2) is 4.24. The molecular formula is C14H17NO2. The number of aliphatic carboxylic acids is 1. The Morgan fingerprint density at radius 1 is 1.47 bits per heavy atom. The van der Waals surface area contributed by atoms with Crippen molar-refractivity contribution in [2.75, 3.05) is 0 Å². The Balaban J connectivity index is 2.68. The number of fused-ring (bicyclic) bond motifs is 1. The van der Waals surface area contributed by atoms with Gasteiger partial charge in [0.1, 0.15) is 0 Å². The molecule has 0 radical (unpaired) electrons. The Kier molecular flexibility index (Phi) is 2.92. The zero-order chi connectivity index (χ0) is 12.6. The molecule has 0 fully saturated rings. The van der Waals surface area contributed by atoms with Gasteiger partial charge in [-0.25, -0.2) is 0 Å². The summed E-state index contributed by atoms with van der Waals surface area (Å²) in [5.41, 5.74) is 3.22. The quantitative estimate of drug-likeness (QED) is 0.882. The van der Waals surface area contributed by atoms with Gasteiger partial charge in [0, 0.05) is 23.6 Å². The molecule has 2 aromatic rings. The third-order valence-electron chi connectivity index (χ3n) is 3.41. The third kappa shape index (κ3) is 1.82. The van der Waals surface area contributed by atoms with Crippen LogP contribution in [0, 0.1) is 0 Å². The van der Waals surface area contributed by atoms with E-state index in [1.807, 2.05) is 29.8 Å². The summed E-state index contributed by atoms with van der Waals surface area (Å²) >= 11 is 0. The zero-order valence-electron chi connectivity index (χ0n) is 10.4. The lowest BCUT2D eigenvalue weighted by molar-refractivity contribution is -0.138. The molecule has 0 amide bonds. The second-order valence-corrected chi connectivity index (χ2v) is 4.39. The van der Waals surface area contributed by atoms with Gasteiger partial charge in [0.15, 0.2) is 0 Å². The van der Waals surface area contributed by atoms with Crippen molar-refractivity contribution >= 4 is 16.9 Å². The minimum absolute atomic E-state index is 0.475. The minimum Gasteiger partial charge on any atom is -0.481 e. The highest BCUT2D eigenvalue weighted by molar-refractivity contribution is 5.87. The maximum Gasteiger partial charge on any atom is 0.312 e. The lowest BCUT2D eigenvalue weighted by Gasteiger charge is -2.07. The zero-order valence-corrected chi connectivity index (χ0v) is 10.4. The van der Waals surface area contributed by atoms with Crippen molar-refractivity contribution in [2.24, 2.45) is 7.05 Å². The van der Waals surface area contributed by atoms with Gasteiger partial charge in [0.2, 0.25) is 0 Å². The Labute approximate surface area is 101 Å². The van der Waals surface area contributed by atoms with E-state index in [1.165, 1.54) is 10.9 Å². The molecule has 0 spiro atoms. The molecule has 1 aromatic carbocycles. The summed E-state index contributed by atoms with van der Waals surface area (Å²) in [5, 5.41) is 10.3. The summed E-state index contributed by atoms with van der Waals surface area (Å²) < 4.78 is 1.98. The van der Waals surface area contributed by atoms with Crippen LogP contribution in [0.3, 0.4) is 0 Å². The molecule has 0 aliphatic carbocycles. The SMILES string of the molecule is CCc1cccc2c1cc(C(C)C(=O)O)n2C. The van der Waals surface area contributed by atoms with Crippen molar-refractivity contribution in [1.29, 1.82) is 0 Å². The molecule has 0 bridgehead atoms. The standard InChI is InChI=1S/C14H17NO2/c1-4-10-6-5-7-12-11(10)8-13(15(12)3)9(2)14(16)17/h5-9H,4H2,1-3H3,(H,16,17). The number of benzene rings is 1. The number of carboxylic acids is 1. The van der Waals surface area contributed by atoms with E-state index in [-0.39, 0.29) is 0 Å². The molecule has 0 saturated heterocycles. The smallest absolute Gasteiger partial charge is 0.312 e. The van der Waals surface area contributed by atoms with Crippen molar-refractivity contribution in [1.82, 2.24) is 4.57 Å². The lowest BCUT2D eigenvalue weighted by Crippen LogP contribution is -2.11. The van der Waals surface area contributed by atoms with E-state index in [9.17, 15) is 4.79 Å². The number of carbonyl (C=O) groups is 1. The fraction of sp³-hybridized carbons (Fsp3) is 0.357. The molecule has 1 aromatic heterocycles. The topological polar surface area (TPSA) is 42.2 Å². The summed E-state index contributed by atoms with van der Waals surface area (Å²) in [5.74, 6) is -1.26. The molecule has 1 atom stereocenters. The van der Waals surface area contributed by atoms with E-state index in [4.69, 9.17) is 5.11 Å². The number of carboxylic acid groups (broad SMARTS) is 1. The number of nitrogens with zero attached hydrogens (tertiary/aromatic N) is 1. The van der Waals surface area contributed by atoms with Crippen LogP contribution in [-0.4, -0.2) is 15.6 Å². The number of rotatable bonds is 3. The summed E-state index contributed by atoms with van der Waals surface area (Å²) in [6, 6.07) is 8.16. The number of aromatic nitrogens is 1. The fourth-order valence-corrected chi connectivity index (χ4v) is 2.29. The van der Waals surface area contributed by atoms with Crippen LogP contribution in [0.25, 0.3) is 10.9 Å². The normalized spacial score (nSPS) is 12.9. The van der Waals surface area contributed by atoms with E-state index in [0.717, 1.165) is 17.6 Å². The average Bonchev–Trinajstić information content (AvgIpc) is 2.66. The molecule has 0 aliphatic heterocycles. The van der Waals surface area contributed by atoms with Gasteiger partial charge in [-0.2, -0.15) is 0 Å². The van der Waals surface area contributed by atoms with Crippen molar-refractivity contribution in [3.05, 3.63) is 35.5 Å². The first-order chi connectivity index (χ1) is 8.06. The van der Waals surface area contributed by atoms with Gasteiger partial charge in [-0.05, 0) is 31.0 Å². The first kappa shape index (κ1) is 11.7. The van der Waals surface area contributed by atoms with Crippen molar-refractivity contribution < 1.29 is 9.90 Å². The van der Waals surface area contributed by atoms with Gasteiger partial charge in [-0.1, -0.05) is 19.1 Å². The number of hydrogen-bond acceptors (Lipinski definition) is 1. The molecule has 3 nitrogen and oxygen atoms in total. The van der Waals surface area contributed by atoms with Crippen LogP contribution in [-0.2, 0) is 18.3 Å². The second-order valence-electron chi connectivity index (χ2n) is 4.39. The highest BCUT2D eigenvalue weighted by Crippen LogP contribution is 2.27. The molecule has 0 saturated carbocycles. The van der Waals surface area contributed by atoms with Crippen LogP contribution in [0.4, 0.5) is 0 Å². The number of aryl methyl sites for hydroxylation is 2. The summed E-state index contributed by atoms with van der Waals surface area (Å²) in [4.78, 5) is 11.1. The molecule has 1 N–H and O–H groups in total. The van der Waals surface area contributed by atoms with Gasteiger partial charge >= 0.3 is 5.97 Å². The third-order valence-corrected chi connectivity index (χ3v) is 3.41. The van der Waals surface area contributed by atoms with E-state index in [1.54, 1.807) is 6.92 Å². The molecule has 1 heterocycles. The highest BCUT2D eigenvalue weighted by atomic mass is 16.4. The summed E-state index contributed by atoms with van der Waals surface area (Å²) in [6.45, 7) is 3.84. The van der Waals surface area contributed by atoms with Crippen LogP contribution in [0.1, 0.15) is 31.0 Å². The summed E-state index contributed by atoms with van der Waals surface area (Å²) in [7, 11) is 1.93. The van der Waals surface area contributed by atoms with E-state index in [0.29, 0.717) is 0 Å². The largest absolute Gasteiger partial charge is 0.481 e. The molecule has 17 heavy (non-hydrogen) atoms. The van der Waals surface area contributed by atoms with E-state index < -0.39 is 11.9 Å². The molecular weight excluding hydrogens is 214 g/mol. The van der Waals surface area contributed by atoms with Gasteiger partial charge in [-0.15, -0.1) is 0 Å². The minimum atomic E-state index is -0.783. The van der Waals surface area contributed by atoms with Crippen molar-refractivity contribution in [3.63, 3.8) is 0 Å². The highest BCUT2D eigenvalue weighted by Gasteiger charge is 2.19.